The van der Waals surface area contributed by atoms with Crippen LogP contribution in [0.3, 0.4) is 0 Å². The maximum Gasteiger partial charge on any atom is 0.416 e. The number of anilines is 1. The average molecular weight is 396 g/mol. The van der Waals surface area contributed by atoms with Gasteiger partial charge in [0.2, 0.25) is 0 Å². The Labute approximate surface area is 157 Å². The molecule has 0 aliphatic rings. The summed E-state index contributed by atoms with van der Waals surface area (Å²) in [7, 11) is 0. The molecule has 0 aliphatic heterocycles. The van der Waals surface area contributed by atoms with E-state index < -0.39 is 35.1 Å². The molecule has 2 rings (SSSR count). The second-order valence-electron chi connectivity index (χ2n) is 5.91. The molecule has 148 valence electrons. The van der Waals surface area contributed by atoms with Gasteiger partial charge in [-0.2, -0.15) is 13.2 Å². The van der Waals surface area contributed by atoms with E-state index in [9.17, 15) is 32.9 Å². The van der Waals surface area contributed by atoms with Gasteiger partial charge >= 0.3 is 12.1 Å². The van der Waals surface area contributed by atoms with Crippen LogP contribution in [0, 0.1) is 24.0 Å². The van der Waals surface area contributed by atoms with Crippen molar-refractivity contribution in [3.63, 3.8) is 0 Å². The largest absolute Gasteiger partial charge is 0.452 e. The number of benzene rings is 2. The molecule has 0 aliphatic carbocycles. The standard InChI is InChI=1S/C18H15F3N2O5/c1-10-6-14(15(23(26)27)7-11(10)2)22-16(24)9-28-17(25)12-4-3-5-13(8-12)18(19,20)21/h3-8H,9H2,1-2H3,(H,22,24). The van der Waals surface area contributed by atoms with Crippen LogP contribution in [0.2, 0.25) is 0 Å². The maximum absolute atomic E-state index is 12.7. The third-order valence-electron chi connectivity index (χ3n) is 3.84. The summed E-state index contributed by atoms with van der Waals surface area (Å²) < 4.78 is 42.7. The minimum absolute atomic E-state index is 0.0757. The normalized spacial score (nSPS) is 11.0. The smallest absolute Gasteiger partial charge is 0.416 e. The predicted octanol–water partition coefficient (Wildman–Crippen LogP) is 4.03. The fraction of sp³-hybridized carbons (Fsp3) is 0.222. The second kappa shape index (κ2) is 8.07. The summed E-state index contributed by atoms with van der Waals surface area (Å²) in [6, 6.07) is 6.25. The van der Waals surface area contributed by atoms with E-state index in [0.717, 1.165) is 18.2 Å². The van der Waals surface area contributed by atoms with Crippen LogP contribution in [0.1, 0.15) is 27.0 Å². The third-order valence-corrected chi connectivity index (χ3v) is 3.84. The number of ether oxygens (including phenoxy) is 1. The topological polar surface area (TPSA) is 98.5 Å². The SMILES string of the molecule is Cc1cc(NC(=O)COC(=O)c2cccc(C(F)(F)F)c2)c([N+](=O)[O-])cc1C. The van der Waals surface area contributed by atoms with Crippen molar-refractivity contribution in [1.82, 2.24) is 0 Å². The van der Waals surface area contributed by atoms with E-state index in [-0.39, 0.29) is 16.9 Å². The van der Waals surface area contributed by atoms with Crippen LogP contribution in [0.15, 0.2) is 36.4 Å². The number of nitro groups is 1. The summed E-state index contributed by atoms with van der Waals surface area (Å²) >= 11 is 0. The van der Waals surface area contributed by atoms with Crippen molar-refractivity contribution in [3.8, 4) is 0 Å². The minimum atomic E-state index is -4.63. The molecule has 7 nitrogen and oxygen atoms in total. The van der Waals surface area contributed by atoms with Crippen molar-refractivity contribution in [2.45, 2.75) is 20.0 Å². The predicted molar refractivity (Wildman–Crippen MR) is 92.9 cm³/mol. The molecule has 0 atom stereocenters. The number of nitro benzene ring substituents is 1. The number of nitrogens with one attached hydrogen (secondary N) is 1. The highest BCUT2D eigenvalue weighted by Crippen LogP contribution is 2.30. The minimum Gasteiger partial charge on any atom is -0.452 e. The quantitative estimate of drug-likeness (QED) is 0.467. The van der Waals surface area contributed by atoms with Gasteiger partial charge < -0.3 is 10.1 Å². The van der Waals surface area contributed by atoms with Crippen LogP contribution in [0.4, 0.5) is 24.5 Å². The Balaban J connectivity index is 2.06. The monoisotopic (exact) mass is 396 g/mol. The van der Waals surface area contributed by atoms with Crippen molar-refractivity contribution in [3.05, 3.63) is 68.8 Å². The Morgan fingerprint density at radius 2 is 1.79 bits per heavy atom. The van der Waals surface area contributed by atoms with Gasteiger partial charge in [-0.15, -0.1) is 0 Å². The Morgan fingerprint density at radius 1 is 1.14 bits per heavy atom. The number of alkyl halides is 3. The lowest BCUT2D eigenvalue weighted by molar-refractivity contribution is -0.384. The maximum atomic E-state index is 12.7. The molecule has 0 bridgehead atoms. The van der Waals surface area contributed by atoms with E-state index in [1.54, 1.807) is 13.8 Å². The first kappa shape index (κ1) is 20.9. The van der Waals surface area contributed by atoms with E-state index in [2.05, 4.69) is 5.32 Å². The molecule has 0 unspecified atom stereocenters. The van der Waals surface area contributed by atoms with Gasteiger partial charge in [-0.25, -0.2) is 4.79 Å². The first-order valence-corrected chi connectivity index (χ1v) is 7.89. The van der Waals surface area contributed by atoms with Crippen LogP contribution in [-0.2, 0) is 15.7 Å². The van der Waals surface area contributed by atoms with Crippen LogP contribution < -0.4 is 5.32 Å². The zero-order valence-electron chi connectivity index (χ0n) is 14.8. The molecule has 0 saturated carbocycles. The first-order valence-electron chi connectivity index (χ1n) is 7.89. The summed E-state index contributed by atoms with van der Waals surface area (Å²) in [4.78, 5) is 34.3. The molecule has 1 N–H and O–H groups in total. The highest BCUT2D eigenvalue weighted by Gasteiger charge is 2.31. The fourth-order valence-electron chi connectivity index (χ4n) is 2.28. The summed E-state index contributed by atoms with van der Waals surface area (Å²) in [6.07, 6.45) is -4.63. The number of carbonyl (C=O) groups is 2. The molecular formula is C18H15F3N2O5. The number of esters is 1. The van der Waals surface area contributed by atoms with Gasteiger partial charge in [-0.1, -0.05) is 6.07 Å². The number of amides is 1. The molecule has 10 heteroatoms. The van der Waals surface area contributed by atoms with Crippen molar-refractivity contribution in [1.29, 1.82) is 0 Å². The molecule has 0 heterocycles. The molecule has 1 amide bonds. The molecule has 0 fully saturated rings. The zero-order chi connectivity index (χ0) is 21.1. The highest BCUT2D eigenvalue weighted by atomic mass is 19.4. The van der Waals surface area contributed by atoms with Gasteiger partial charge in [0.25, 0.3) is 11.6 Å². The third kappa shape index (κ3) is 5.06. The van der Waals surface area contributed by atoms with Crippen LogP contribution in [-0.4, -0.2) is 23.4 Å². The lowest BCUT2D eigenvalue weighted by Gasteiger charge is -2.10. The number of hydrogen-bond acceptors (Lipinski definition) is 5. The number of aryl methyl sites for hydroxylation is 2. The van der Waals surface area contributed by atoms with E-state index in [1.165, 1.54) is 12.1 Å². The molecular weight excluding hydrogens is 381 g/mol. The van der Waals surface area contributed by atoms with Gasteiger partial charge in [-0.05, 0) is 49.2 Å². The van der Waals surface area contributed by atoms with Gasteiger partial charge in [0.15, 0.2) is 6.61 Å². The Bertz CT molecular complexity index is 941. The molecule has 0 radical (unpaired) electrons. The van der Waals surface area contributed by atoms with E-state index in [1.807, 2.05) is 0 Å². The van der Waals surface area contributed by atoms with Gasteiger partial charge in [0, 0.05) is 6.07 Å². The molecule has 2 aromatic rings. The number of carbonyl (C=O) groups excluding carboxylic acids is 2. The lowest BCUT2D eigenvalue weighted by atomic mass is 10.1. The van der Waals surface area contributed by atoms with Crippen LogP contribution >= 0.6 is 0 Å². The molecule has 28 heavy (non-hydrogen) atoms. The van der Waals surface area contributed by atoms with Crippen LogP contribution in [0.25, 0.3) is 0 Å². The number of nitrogens with zero attached hydrogens (tertiary/aromatic N) is 1. The summed E-state index contributed by atoms with van der Waals surface area (Å²) in [5.41, 5.74) is -0.464. The van der Waals surface area contributed by atoms with Gasteiger partial charge in [0.1, 0.15) is 5.69 Å². The fourth-order valence-corrected chi connectivity index (χ4v) is 2.28. The second-order valence-corrected chi connectivity index (χ2v) is 5.91. The Hall–Kier alpha value is -3.43. The summed E-state index contributed by atoms with van der Waals surface area (Å²) in [5, 5.41) is 13.4. The van der Waals surface area contributed by atoms with Crippen molar-refractivity contribution in [2.24, 2.45) is 0 Å². The van der Waals surface area contributed by atoms with E-state index in [4.69, 9.17) is 4.74 Å². The van der Waals surface area contributed by atoms with Gasteiger partial charge in [0.05, 0.1) is 16.1 Å². The molecule has 2 aromatic carbocycles. The molecule has 0 saturated heterocycles. The summed E-state index contributed by atoms with van der Waals surface area (Å²) in [6.45, 7) is 2.55. The first-order chi connectivity index (χ1) is 13.0. The number of halogens is 3. The Kier molecular flexibility index (Phi) is 6.02. The Morgan fingerprint density at radius 3 is 2.39 bits per heavy atom. The van der Waals surface area contributed by atoms with Gasteiger partial charge in [-0.3, -0.25) is 14.9 Å². The highest BCUT2D eigenvalue weighted by molar-refractivity contribution is 5.97. The number of hydrogen-bond donors (Lipinski definition) is 1. The van der Waals surface area contributed by atoms with E-state index in [0.29, 0.717) is 17.2 Å². The number of rotatable bonds is 5. The summed E-state index contributed by atoms with van der Waals surface area (Å²) in [5.74, 6) is -2.00. The molecule has 0 aromatic heterocycles. The van der Waals surface area contributed by atoms with Crippen molar-refractivity contribution in [2.75, 3.05) is 11.9 Å². The average Bonchev–Trinajstić information content (AvgIpc) is 2.61. The zero-order valence-corrected chi connectivity index (χ0v) is 14.8. The van der Waals surface area contributed by atoms with Crippen molar-refractivity contribution < 1.29 is 32.4 Å². The van der Waals surface area contributed by atoms with Crippen molar-refractivity contribution >= 4 is 23.3 Å². The van der Waals surface area contributed by atoms with Crippen LogP contribution in [0.5, 0.6) is 0 Å². The molecule has 0 spiro atoms. The lowest BCUT2D eigenvalue weighted by Crippen LogP contribution is -2.21. The van der Waals surface area contributed by atoms with E-state index >= 15 is 0 Å².